The molecular weight excluding hydrogens is 260 g/mol. The predicted molar refractivity (Wildman–Crippen MR) is 72.1 cm³/mol. The number of hydrogen-bond acceptors (Lipinski definition) is 4. The van der Waals surface area contributed by atoms with Crippen LogP contribution in [0.15, 0.2) is 28.8 Å². The van der Waals surface area contributed by atoms with Crippen LogP contribution < -0.4 is 5.32 Å². The molecule has 106 valence electrons. The minimum atomic E-state index is -0.859. The van der Waals surface area contributed by atoms with E-state index in [1.807, 2.05) is 18.2 Å². The first kappa shape index (κ1) is 14.0. The largest absolute Gasteiger partial charge is 0.481 e. The molecule has 2 rings (SSSR count). The van der Waals surface area contributed by atoms with E-state index in [4.69, 9.17) is 9.63 Å². The lowest BCUT2D eigenvalue weighted by Crippen LogP contribution is -2.28. The standard InChI is InChI=1S/C14H16N2O4/c1-9(14(18)19)6-7-15-13(17)8-11-10-4-2-3-5-12(10)20-16-11/h2-5,9H,6-8H2,1H3,(H,15,17)(H,18,19). The molecule has 0 saturated carbocycles. The van der Waals surface area contributed by atoms with Crippen molar-refractivity contribution in [2.75, 3.05) is 6.54 Å². The van der Waals surface area contributed by atoms with Crippen LogP contribution >= 0.6 is 0 Å². The summed E-state index contributed by atoms with van der Waals surface area (Å²) in [6.07, 6.45) is 0.527. The van der Waals surface area contributed by atoms with E-state index in [1.54, 1.807) is 13.0 Å². The number of nitrogens with zero attached hydrogens (tertiary/aromatic N) is 1. The van der Waals surface area contributed by atoms with Crippen LogP contribution in [0.5, 0.6) is 0 Å². The Labute approximate surface area is 115 Å². The minimum absolute atomic E-state index is 0.123. The number of aliphatic carboxylic acids is 1. The van der Waals surface area contributed by atoms with Gasteiger partial charge in [-0.1, -0.05) is 24.2 Å². The SMILES string of the molecule is CC(CCNC(=O)Cc1noc2ccccc12)C(=O)O. The lowest BCUT2D eigenvalue weighted by molar-refractivity contribution is -0.141. The van der Waals surface area contributed by atoms with Gasteiger partial charge in [0, 0.05) is 11.9 Å². The molecule has 0 bridgehead atoms. The normalized spacial score (nSPS) is 12.2. The van der Waals surface area contributed by atoms with Crippen molar-refractivity contribution in [2.24, 2.45) is 5.92 Å². The summed E-state index contributed by atoms with van der Waals surface area (Å²) in [7, 11) is 0. The molecule has 0 spiro atoms. The summed E-state index contributed by atoms with van der Waals surface area (Å²) in [4.78, 5) is 22.4. The Bertz CT molecular complexity index is 620. The fourth-order valence-corrected chi connectivity index (χ4v) is 1.83. The molecule has 2 N–H and O–H groups in total. The van der Waals surface area contributed by atoms with Gasteiger partial charge in [0.25, 0.3) is 0 Å². The molecule has 0 fully saturated rings. The Hall–Kier alpha value is -2.37. The van der Waals surface area contributed by atoms with Crippen molar-refractivity contribution < 1.29 is 19.2 Å². The summed E-state index contributed by atoms with van der Waals surface area (Å²) in [6.45, 7) is 1.95. The molecule has 6 nitrogen and oxygen atoms in total. The number of hydrogen-bond donors (Lipinski definition) is 2. The van der Waals surface area contributed by atoms with Crippen LogP contribution in [-0.4, -0.2) is 28.7 Å². The van der Waals surface area contributed by atoms with Crippen molar-refractivity contribution in [1.29, 1.82) is 0 Å². The van der Waals surface area contributed by atoms with Crippen LogP contribution in [0.3, 0.4) is 0 Å². The number of carboxylic acid groups (broad SMARTS) is 1. The number of amides is 1. The second-order valence-corrected chi connectivity index (χ2v) is 4.68. The average Bonchev–Trinajstić information content (AvgIpc) is 2.82. The summed E-state index contributed by atoms with van der Waals surface area (Å²) in [6, 6.07) is 7.33. The van der Waals surface area contributed by atoms with E-state index in [0.717, 1.165) is 5.39 Å². The third-order valence-electron chi connectivity index (χ3n) is 3.10. The number of nitrogens with one attached hydrogen (secondary N) is 1. The maximum absolute atomic E-state index is 11.8. The molecule has 2 aromatic rings. The van der Waals surface area contributed by atoms with Gasteiger partial charge < -0.3 is 14.9 Å². The van der Waals surface area contributed by atoms with E-state index in [1.165, 1.54) is 0 Å². The van der Waals surface area contributed by atoms with Crippen molar-refractivity contribution in [1.82, 2.24) is 10.5 Å². The van der Waals surface area contributed by atoms with Gasteiger partial charge in [-0.2, -0.15) is 0 Å². The van der Waals surface area contributed by atoms with Gasteiger partial charge in [-0.15, -0.1) is 0 Å². The highest BCUT2D eigenvalue weighted by Crippen LogP contribution is 2.17. The van der Waals surface area contributed by atoms with Crippen LogP contribution in [0.25, 0.3) is 11.0 Å². The highest BCUT2D eigenvalue weighted by atomic mass is 16.5. The molecule has 1 aromatic heterocycles. The van der Waals surface area contributed by atoms with E-state index >= 15 is 0 Å². The van der Waals surface area contributed by atoms with Crippen molar-refractivity contribution in [2.45, 2.75) is 19.8 Å². The quantitative estimate of drug-likeness (QED) is 0.836. The number of para-hydroxylation sites is 1. The monoisotopic (exact) mass is 276 g/mol. The number of carbonyl (C=O) groups is 2. The molecule has 0 aliphatic rings. The van der Waals surface area contributed by atoms with Crippen molar-refractivity contribution in [3.05, 3.63) is 30.0 Å². The Morgan fingerprint density at radius 1 is 1.40 bits per heavy atom. The summed E-state index contributed by atoms with van der Waals surface area (Å²) in [5, 5.41) is 16.1. The lowest BCUT2D eigenvalue weighted by atomic mass is 10.1. The third-order valence-corrected chi connectivity index (χ3v) is 3.10. The molecular formula is C14H16N2O4. The van der Waals surface area contributed by atoms with Gasteiger partial charge in [-0.3, -0.25) is 9.59 Å². The van der Waals surface area contributed by atoms with Gasteiger partial charge in [0.15, 0.2) is 5.58 Å². The van der Waals surface area contributed by atoms with Crippen molar-refractivity contribution in [3.63, 3.8) is 0 Å². The molecule has 0 aliphatic heterocycles. The molecule has 1 atom stereocenters. The number of benzene rings is 1. The maximum Gasteiger partial charge on any atom is 0.306 e. The van der Waals surface area contributed by atoms with Gasteiger partial charge in [0.05, 0.1) is 12.3 Å². The smallest absolute Gasteiger partial charge is 0.306 e. The highest BCUT2D eigenvalue weighted by Gasteiger charge is 2.13. The van der Waals surface area contributed by atoms with Gasteiger partial charge in [-0.25, -0.2) is 0 Å². The molecule has 20 heavy (non-hydrogen) atoms. The number of carboxylic acids is 1. The van der Waals surface area contributed by atoms with Crippen LogP contribution in [0, 0.1) is 5.92 Å². The van der Waals surface area contributed by atoms with Crippen molar-refractivity contribution >= 4 is 22.8 Å². The van der Waals surface area contributed by atoms with Crippen LogP contribution in [0.4, 0.5) is 0 Å². The molecule has 1 aromatic carbocycles. The molecule has 1 heterocycles. The lowest BCUT2D eigenvalue weighted by Gasteiger charge is -2.07. The number of fused-ring (bicyclic) bond motifs is 1. The van der Waals surface area contributed by atoms with Crippen LogP contribution in [-0.2, 0) is 16.0 Å². The van der Waals surface area contributed by atoms with Crippen molar-refractivity contribution in [3.8, 4) is 0 Å². The number of carbonyl (C=O) groups excluding carboxylic acids is 1. The number of rotatable bonds is 6. The van der Waals surface area contributed by atoms with Gasteiger partial charge in [0.2, 0.25) is 5.91 Å². The summed E-state index contributed by atoms with van der Waals surface area (Å²) >= 11 is 0. The second-order valence-electron chi connectivity index (χ2n) is 4.68. The molecule has 6 heteroatoms. The first-order valence-corrected chi connectivity index (χ1v) is 6.40. The van der Waals surface area contributed by atoms with Gasteiger partial charge >= 0.3 is 5.97 Å². The highest BCUT2D eigenvalue weighted by molar-refractivity contribution is 5.86. The molecule has 0 saturated heterocycles. The predicted octanol–water partition coefficient (Wildman–Crippen LogP) is 1.60. The fourth-order valence-electron chi connectivity index (χ4n) is 1.83. The van der Waals surface area contributed by atoms with E-state index in [-0.39, 0.29) is 12.3 Å². The second kappa shape index (κ2) is 6.18. The zero-order valence-corrected chi connectivity index (χ0v) is 11.1. The number of aromatic nitrogens is 1. The van der Waals surface area contributed by atoms with Crippen LogP contribution in [0.2, 0.25) is 0 Å². The van der Waals surface area contributed by atoms with Gasteiger partial charge in [0.1, 0.15) is 5.69 Å². The zero-order chi connectivity index (χ0) is 14.5. The maximum atomic E-state index is 11.8. The Morgan fingerprint density at radius 3 is 2.90 bits per heavy atom. The molecule has 1 unspecified atom stereocenters. The van der Waals surface area contributed by atoms with E-state index in [9.17, 15) is 9.59 Å². The van der Waals surface area contributed by atoms with Crippen LogP contribution in [0.1, 0.15) is 19.0 Å². The molecule has 0 aliphatic carbocycles. The molecule has 1 amide bonds. The van der Waals surface area contributed by atoms with E-state index < -0.39 is 11.9 Å². The Balaban J connectivity index is 1.87. The summed E-state index contributed by atoms with van der Waals surface area (Å²) in [5.41, 5.74) is 1.24. The topological polar surface area (TPSA) is 92.4 Å². The summed E-state index contributed by atoms with van der Waals surface area (Å²) < 4.78 is 5.12. The van der Waals surface area contributed by atoms with E-state index in [2.05, 4.69) is 10.5 Å². The average molecular weight is 276 g/mol. The third kappa shape index (κ3) is 3.34. The zero-order valence-electron chi connectivity index (χ0n) is 11.1. The Kier molecular flexibility index (Phi) is 4.34. The fraction of sp³-hybridized carbons (Fsp3) is 0.357. The van der Waals surface area contributed by atoms with E-state index in [0.29, 0.717) is 24.2 Å². The first-order chi connectivity index (χ1) is 9.58. The molecule has 0 radical (unpaired) electrons. The minimum Gasteiger partial charge on any atom is -0.481 e. The van der Waals surface area contributed by atoms with Gasteiger partial charge in [-0.05, 0) is 18.6 Å². The first-order valence-electron chi connectivity index (χ1n) is 6.40. The summed E-state index contributed by atoms with van der Waals surface area (Å²) in [5.74, 6) is -1.52. The Morgan fingerprint density at radius 2 is 2.15 bits per heavy atom.